The minimum atomic E-state index is -0.536. The molecular formula is C17H14N4O. The lowest BCUT2D eigenvalue weighted by atomic mass is 10.0. The molecule has 5 nitrogen and oxygen atoms in total. The van der Waals surface area contributed by atoms with Crippen LogP contribution in [0, 0.1) is 6.92 Å². The number of nitrogens with two attached hydrogens (primary N) is 1. The third kappa shape index (κ3) is 1.50. The van der Waals surface area contributed by atoms with Gasteiger partial charge >= 0.3 is 0 Å². The first-order chi connectivity index (χ1) is 10.6. The number of benzene rings is 2. The standard InChI is InChI=1S/C17H14N4O/c1-9-14-12(15(17(18)22)20-8-19-14)7-11-10-5-3-4-6-13(10)21(2)16(9)11/h3-8H,1-2H3,(H2,18,22). The van der Waals surface area contributed by atoms with Crippen molar-refractivity contribution in [3.8, 4) is 0 Å². The van der Waals surface area contributed by atoms with Crippen molar-refractivity contribution >= 4 is 38.6 Å². The maximum absolute atomic E-state index is 11.7. The summed E-state index contributed by atoms with van der Waals surface area (Å²) in [6.07, 6.45) is 1.39. The van der Waals surface area contributed by atoms with E-state index in [-0.39, 0.29) is 5.69 Å². The molecule has 108 valence electrons. The summed E-state index contributed by atoms with van der Waals surface area (Å²) >= 11 is 0. The van der Waals surface area contributed by atoms with E-state index in [2.05, 4.69) is 26.7 Å². The number of carbonyl (C=O) groups is 1. The van der Waals surface area contributed by atoms with Gasteiger partial charge in [-0.25, -0.2) is 9.97 Å². The van der Waals surface area contributed by atoms with Crippen LogP contribution in [-0.2, 0) is 7.05 Å². The van der Waals surface area contributed by atoms with E-state index in [1.807, 2.05) is 32.2 Å². The van der Waals surface area contributed by atoms with Gasteiger partial charge in [-0.2, -0.15) is 0 Å². The molecule has 5 heteroatoms. The van der Waals surface area contributed by atoms with Gasteiger partial charge in [0, 0.05) is 28.7 Å². The number of hydrogen-bond acceptors (Lipinski definition) is 3. The topological polar surface area (TPSA) is 73.8 Å². The summed E-state index contributed by atoms with van der Waals surface area (Å²) in [4.78, 5) is 20.1. The van der Waals surface area contributed by atoms with E-state index in [4.69, 9.17) is 5.73 Å². The lowest BCUT2D eigenvalue weighted by molar-refractivity contribution is 0.0997. The van der Waals surface area contributed by atoms with Gasteiger partial charge in [-0.15, -0.1) is 0 Å². The lowest BCUT2D eigenvalue weighted by Gasteiger charge is -2.07. The van der Waals surface area contributed by atoms with Gasteiger partial charge < -0.3 is 10.3 Å². The fourth-order valence-electron chi connectivity index (χ4n) is 3.31. The van der Waals surface area contributed by atoms with E-state index in [1.54, 1.807) is 0 Å². The molecule has 0 spiro atoms. The number of amides is 1. The van der Waals surface area contributed by atoms with Crippen LogP contribution in [-0.4, -0.2) is 20.4 Å². The third-order valence-electron chi connectivity index (χ3n) is 4.26. The second-order valence-corrected chi connectivity index (χ2v) is 5.46. The Hall–Kier alpha value is -2.95. The molecule has 0 radical (unpaired) electrons. The summed E-state index contributed by atoms with van der Waals surface area (Å²) in [6, 6.07) is 10.2. The van der Waals surface area contributed by atoms with Crippen molar-refractivity contribution in [2.75, 3.05) is 0 Å². The molecule has 0 bridgehead atoms. The van der Waals surface area contributed by atoms with E-state index in [1.165, 1.54) is 6.33 Å². The van der Waals surface area contributed by atoms with Crippen LogP contribution in [0.1, 0.15) is 16.1 Å². The van der Waals surface area contributed by atoms with Gasteiger partial charge in [0.05, 0.1) is 11.0 Å². The molecule has 0 aliphatic heterocycles. The summed E-state index contributed by atoms with van der Waals surface area (Å²) in [5.74, 6) is -0.536. The fraction of sp³-hybridized carbons (Fsp3) is 0.118. The molecule has 2 N–H and O–H groups in total. The number of para-hydroxylation sites is 1. The van der Waals surface area contributed by atoms with E-state index >= 15 is 0 Å². The summed E-state index contributed by atoms with van der Waals surface area (Å²) < 4.78 is 2.16. The van der Waals surface area contributed by atoms with Crippen molar-refractivity contribution in [1.29, 1.82) is 0 Å². The normalized spacial score (nSPS) is 11.5. The molecular weight excluding hydrogens is 276 g/mol. The Balaban J connectivity index is 2.33. The van der Waals surface area contributed by atoms with Crippen molar-refractivity contribution in [3.63, 3.8) is 0 Å². The second-order valence-electron chi connectivity index (χ2n) is 5.46. The quantitative estimate of drug-likeness (QED) is 0.585. The van der Waals surface area contributed by atoms with Crippen LogP contribution >= 0.6 is 0 Å². The Labute approximate surface area is 126 Å². The number of fused-ring (bicyclic) bond motifs is 4. The van der Waals surface area contributed by atoms with Crippen molar-refractivity contribution in [3.05, 3.63) is 47.9 Å². The van der Waals surface area contributed by atoms with Crippen LogP contribution in [0.2, 0.25) is 0 Å². The number of carbonyl (C=O) groups excluding carboxylic acids is 1. The van der Waals surface area contributed by atoms with Crippen LogP contribution < -0.4 is 5.73 Å². The van der Waals surface area contributed by atoms with Crippen molar-refractivity contribution in [2.24, 2.45) is 12.8 Å². The van der Waals surface area contributed by atoms with Gasteiger partial charge in [-0.3, -0.25) is 4.79 Å². The van der Waals surface area contributed by atoms with Crippen LogP contribution in [0.5, 0.6) is 0 Å². The average Bonchev–Trinajstić information content (AvgIpc) is 2.81. The van der Waals surface area contributed by atoms with E-state index < -0.39 is 5.91 Å². The highest BCUT2D eigenvalue weighted by molar-refractivity contribution is 6.16. The van der Waals surface area contributed by atoms with Gasteiger partial charge in [-0.1, -0.05) is 18.2 Å². The number of aryl methyl sites for hydroxylation is 2. The van der Waals surface area contributed by atoms with E-state index in [9.17, 15) is 4.79 Å². The summed E-state index contributed by atoms with van der Waals surface area (Å²) in [7, 11) is 2.04. The second kappa shape index (κ2) is 4.27. The monoisotopic (exact) mass is 290 g/mol. The molecule has 4 aromatic rings. The predicted octanol–water partition coefficient (Wildman–Crippen LogP) is 2.68. The Morgan fingerprint density at radius 1 is 1.14 bits per heavy atom. The van der Waals surface area contributed by atoms with E-state index in [0.29, 0.717) is 5.39 Å². The van der Waals surface area contributed by atoms with Gasteiger partial charge in [-0.05, 0) is 24.6 Å². The van der Waals surface area contributed by atoms with Gasteiger partial charge in [0.25, 0.3) is 5.91 Å². The van der Waals surface area contributed by atoms with Gasteiger partial charge in [0.1, 0.15) is 12.0 Å². The minimum Gasteiger partial charge on any atom is -0.364 e. The number of rotatable bonds is 1. The Bertz CT molecular complexity index is 1080. The molecule has 0 saturated heterocycles. The van der Waals surface area contributed by atoms with Crippen LogP contribution in [0.4, 0.5) is 0 Å². The Morgan fingerprint density at radius 2 is 1.91 bits per heavy atom. The number of nitrogens with zero attached hydrogens (tertiary/aromatic N) is 3. The van der Waals surface area contributed by atoms with Crippen molar-refractivity contribution in [1.82, 2.24) is 14.5 Å². The molecule has 1 amide bonds. The molecule has 0 saturated carbocycles. The van der Waals surface area contributed by atoms with Crippen LogP contribution in [0.3, 0.4) is 0 Å². The summed E-state index contributed by atoms with van der Waals surface area (Å²) in [6.45, 7) is 2.02. The first-order valence-corrected chi connectivity index (χ1v) is 7.01. The third-order valence-corrected chi connectivity index (χ3v) is 4.26. The smallest absolute Gasteiger partial charge is 0.268 e. The molecule has 0 unspecified atom stereocenters. The molecule has 22 heavy (non-hydrogen) atoms. The number of primary amides is 1. The zero-order valence-corrected chi connectivity index (χ0v) is 12.3. The highest BCUT2D eigenvalue weighted by Gasteiger charge is 2.17. The largest absolute Gasteiger partial charge is 0.364 e. The lowest BCUT2D eigenvalue weighted by Crippen LogP contribution is -2.14. The SMILES string of the molecule is Cc1c2ncnc(C(N)=O)c2cc2c3ccccc3n(C)c12. The van der Waals surface area contributed by atoms with Gasteiger partial charge in [0.2, 0.25) is 0 Å². The number of hydrogen-bond donors (Lipinski definition) is 1. The maximum atomic E-state index is 11.7. The summed E-state index contributed by atoms with van der Waals surface area (Å²) in [5.41, 5.74) is 9.77. The average molecular weight is 290 g/mol. The molecule has 2 heterocycles. The van der Waals surface area contributed by atoms with Crippen molar-refractivity contribution < 1.29 is 4.79 Å². The van der Waals surface area contributed by atoms with E-state index in [0.717, 1.165) is 32.9 Å². The van der Waals surface area contributed by atoms with Gasteiger partial charge in [0.15, 0.2) is 0 Å². The molecule has 0 fully saturated rings. The Kier molecular flexibility index (Phi) is 2.48. The Morgan fingerprint density at radius 3 is 2.68 bits per heavy atom. The van der Waals surface area contributed by atoms with Crippen LogP contribution in [0.25, 0.3) is 32.7 Å². The fourth-order valence-corrected chi connectivity index (χ4v) is 3.31. The molecule has 2 aromatic heterocycles. The highest BCUT2D eigenvalue weighted by Crippen LogP contribution is 2.34. The number of aromatic nitrogens is 3. The predicted molar refractivity (Wildman–Crippen MR) is 86.8 cm³/mol. The first-order valence-electron chi connectivity index (χ1n) is 7.01. The molecule has 0 aliphatic rings. The molecule has 0 aliphatic carbocycles. The minimum absolute atomic E-state index is 0.267. The zero-order chi connectivity index (χ0) is 15.4. The maximum Gasteiger partial charge on any atom is 0.268 e. The zero-order valence-electron chi connectivity index (χ0n) is 12.3. The molecule has 4 rings (SSSR count). The highest BCUT2D eigenvalue weighted by atomic mass is 16.1. The molecule has 2 aromatic carbocycles. The van der Waals surface area contributed by atoms with Crippen LogP contribution in [0.15, 0.2) is 36.7 Å². The summed E-state index contributed by atoms with van der Waals surface area (Å²) in [5, 5.41) is 2.93. The van der Waals surface area contributed by atoms with Crippen molar-refractivity contribution in [2.45, 2.75) is 6.92 Å². The molecule has 0 atom stereocenters. The first kappa shape index (κ1) is 12.8.